The van der Waals surface area contributed by atoms with E-state index in [0.29, 0.717) is 12.3 Å². The number of halogens is 1. The molecule has 4 N–H and O–H groups in total. The summed E-state index contributed by atoms with van der Waals surface area (Å²) in [5.41, 5.74) is 5.39. The lowest BCUT2D eigenvalue weighted by Gasteiger charge is -2.07. The molecule has 0 spiro atoms. The van der Waals surface area contributed by atoms with E-state index >= 15 is 0 Å². The van der Waals surface area contributed by atoms with Crippen molar-refractivity contribution >= 4 is 24.3 Å². The highest BCUT2D eigenvalue weighted by molar-refractivity contribution is 5.85. The number of carboxylic acid groups (broad SMARTS) is 2. The molecule has 0 unspecified atom stereocenters. The van der Waals surface area contributed by atoms with Gasteiger partial charge in [-0.3, -0.25) is 4.79 Å². The fourth-order valence-corrected chi connectivity index (χ4v) is 0.609. The molecule has 0 fully saturated rings. The molecule has 0 aromatic heterocycles. The van der Waals surface area contributed by atoms with Crippen LogP contribution in [0.15, 0.2) is 12.2 Å². The van der Waals surface area contributed by atoms with Gasteiger partial charge >= 0.3 is 11.9 Å². The zero-order chi connectivity index (χ0) is 12.6. The van der Waals surface area contributed by atoms with Gasteiger partial charge in [0.1, 0.15) is 6.04 Å². The SMILES string of the molecule is C=C(C)C(=O)O.CC(C)C[C@@H](N)C(=O)O.Cl. The zero-order valence-electron chi connectivity index (χ0n) is 9.77. The second-order valence-electron chi connectivity index (χ2n) is 3.66. The normalized spacial score (nSPS) is 10.6. The smallest absolute Gasteiger partial charge is 0.330 e. The number of carboxylic acids is 2. The van der Waals surface area contributed by atoms with Crippen LogP contribution in [0.5, 0.6) is 0 Å². The molecule has 5 nitrogen and oxygen atoms in total. The van der Waals surface area contributed by atoms with Gasteiger partial charge in [-0.2, -0.15) is 0 Å². The molecule has 0 saturated heterocycles. The molecule has 0 rings (SSSR count). The van der Waals surface area contributed by atoms with Crippen LogP contribution in [0.4, 0.5) is 0 Å². The zero-order valence-corrected chi connectivity index (χ0v) is 10.6. The van der Waals surface area contributed by atoms with Gasteiger partial charge in [0.15, 0.2) is 0 Å². The summed E-state index contributed by atoms with van der Waals surface area (Å²) in [5.74, 6) is -1.49. The Balaban J connectivity index is -0.000000214. The fourth-order valence-electron chi connectivity index (χ4n) is 0.609. The molecule has 0 aromatic carbocycles. The van der Waals surface area contributed by atoms with E-state index in [1.807, 2.05) is 13.8 Å². The molecule has 0 aliphatic carbocycles. The number of rotatable bonds is 4. The Morgan fingerprint density at radius 3 is 1.69 bits per heavy atom. The van der Waals surface area contributed by atoms with E-state index in [0.717, 1.165) is 0 Å². The van der Waals surface area contributed by atoms with E-state index in [-0.39, 0.29) is 18.0 Å². The molecule has 1 atom stereocenters. The van der Waals surface area contributed by atoms with Crippen molar-refractivity contribution < 1.29 is 19.8 Å². The minimum absolute atomic E-state index is 0. The average Bonchev–Trinajstić information content (AvgIpc) is 2.03. The Morgan fingerprint density at radius 2 is 1.62 bits per heavy atom. The average molecular weight is 254 g/mol. The Hall–Kier alpha value is -1.07. The van der Waals surface area contributed by atoms with Crippen LogP contribution in [0.25, 0.3) is 0 Å². The summed E-state index contributed by atoms with van der Waals surface area (Å²) in [6, 6.07) is -0.690. The number of hydrogen-bond acceptors (Lipinski definition) is 3. The summed E-state index contributed by atoms with van der Waals surface area (Å²) in [6.45, 7) is 8.50. The van der Waals surface area contributed by atoms with Crippen LogP contribution in [-0.4, -0.2) is 28.2 Å². The lowest BCUT2D eigenvalue weighted by Crippen LogP contribution is -2.31. The molecular formula is C10H20ClNO4. The first-order valence-electron chi connectivity index (χ1n) is 4.55. The first kappa shape index (κ1) is 20.4. The van der Waals surface area contributed by atoms with Crippen LogP contribution >= 0.6 is 12.4 Å². The van der Waals surface area contributed by atoms with Crippen LogP contribution in [-0.2, 0) is 9.59 Å². The van der Waals surface area contributed by atoms with Gasteiger partial charge in [-0.25, -0.2) is 4.79 Å². The number of aliphatic carboxylic acids is 2. The minimum Gasteiger partial charge on any atom is -0.480 e. The van der Waals surface area contributed by atoms with Crippen molar-refractivity contribution in [1.29, 1.82) is 0 Å². The predicted molar refractivity (Wildman–Crippen MR) is 64.8 cm³/mol. The van der Waals surface area contributed by atoms with Gasteiger partial charge < -0.3 is 15.9 Å². The Kier molecular flexibility index (Phi) is 13.3. The maximum atomic E-state index is 10.1. The molecule has 96 valence electrons. The summed E-state index contributed by atoms with van der Waals surface area (Å²) in [4.78, 5) is 19.7. The van der Waals surface area contributed by atoms with E-state index in [4.69, 9.17) is 15.9 Å². The fraction of sp³-hybridized carbons (Fsp3) is 0.600. The van der Waals surface area contributed by atoms with Gasteiger partial charge in [-0.05, 0) is 19.3 Å². The van der Waals surface area contributed by atoms with E-state index in [9.17, 15) is 9.59 Å². The molecule has 0 aliphatic rings. The number of hydrogen-bond donors (Lipinski definition) is 3. The van der Waals surface area contributed by atoms with Gasteiger partial charge in [0.2, 0.25) is 0 Å². The van der Waals surface area contributed by atoms with E-state index in [1.54, 1.807) is 0 Å². The second kappa shape index (κ2) is 10.4. The first-order chi connectivity index (χ1) is 6.68. The topological polar surface area (TPSA) is 101 Å². The van der Waals surface area contributed by atoms with Gasteiger partial charge in [0.05, 0.1) is 0 Å². The number of nitrogens with two attached hydrogens (primary N) is 1. The van der Waals surface area contributed by atoms with Crippen LogP contribution in [0.3, 0.4) is 0 Å². The molecule has 6 heteroatoms. The van der Waals surface area contributed by atoms with Crippen LogP contribution < -0.4 is 5.73 Å². The highest BCUT2D eigenvalue weighted by Crippen LogP contribution is 2.01. The van der Waals surface area contributed by atoms with Gasteiger partial charge in [0, 0.05) is 5.57 Å². The predicted octanol–water partition coefficient (Wildman–Crippen LogP) is 1.51. The van der Waals surface area contributed by atoms with E-state index < -0.39 is 18.0 Å². The van der Waals surface area contributed by atoms with Crippen molar-refractivity contribution in [3.8, 4) is 0 Å². The molecule has 0 saturated carbocycles. The van der Waals surface area contributed by atoms with Gasteiger partial charge in [-0.15, -0.1) is 12.4 Å². The molecule has 16 heavy (non-hydrogen) atoms. The lowest BCUT2D eigenvalue weighted by atomic mass is 10.1. The third-order valence-electron chi connectivity index (χ3n) is 1.41. The molecule has 0 aromatic rings. The van der Waals surface area contributed by atoms with Crippen molar-refractivity contribution in [2.24, 2.45) is 11.7 Å². The maximum absolute atomic E-state index is 10.1. The van der Waals surface area contributed by atoms with E-state index in [2.05, 4.69) is 6.58 Å². The second-order valence-corrected chi connectivity index (χ2v) is 3.66. The molecule has 0 aliphatic heterocycles. The van der Waals surface area contributed by atoms with Crippen molar-refractivity contribution in [3.63, 3.8) is 0 Å². The van der Waals surface area contributed by atoms with Crippen LogP contribution in [0.2, 0.25) is 0 Å². The molecule has 0 bridgehead atoms. The Bertz CT molecular complexity index is 229. The van der Waals surface area contributed by atoms with Crippen molar-refractivity contribution in [3.05, 3.63) is 12.2 Å². The van der Waals surface area contributed by atoms with Crippen LogP contribution in [0.1, 0.15) is 27.2 Å². The standard InChI is InChI=1S/C6H13NO2.C4H6O2.ClH/c1-4(2)3-5(7)6(8)9;1-3(2)4(5)6;/h4-5H,3,7H2,1-2H3,(H,8,9);1H2,2H3,(H,5,6);1H/t5-;;/m1../s1. The highest BCUT2D eigenvalue weighted by Gasteiger charge is 2.11. The largest absolute Gasteiger partial charge is 0.480 e. The summed E-state index contributed by atoms with van der Waals surface area (Å²) < 4.78 is 0. The highest BCUT2D eigenvalue weighted by atomic mass is 35.5. The summed E-state index contributed by atoms with van der Waals surface area (Å²) >= 11 is 0. The number of carbonyl (C=O) groups is 2. The maximum Gasteiger partial charge on any atom is 0.330 e. The summed E-state index contributed by atoms with van der Waals surface area (Å²) in [6.07, 6.45) is 0.551. The van der Waals surface area contributed by atoms with Gasteiger partial charge in [-0.1, -0.05) is 20.4 Å². The minimum atomic E-state index is -0.935. The molecule has 0 radical (unpaired) electrons. The quantitative estimate of drug-likeness (QED) is 0.660. The molecule has 0 amide bonds. The van der Waals surface area contributed by atoms with Crippen LogP contribution in [0, 0.1) is 5.92 Å². The third kappa shape index (κ3) is 15.4. The lowest BCUT2D eigenvalue weighted by molar-refractivity contribution is -0.139. The first-order valence-corrected chi connectivity index (χ1v) is 4.55. The summed E-state index contributed by atoms with van der Waals surface area (Å²) in [7, 11) is 0. The van der Waals surface area contributed by atoms with Crippen molar-refractivity contribution in [2.45, 2.75) is 33.2 Å². The Labute approximate surface area is 102 Å². The monoisotopic (exact) mass is 253 g/mol. The Morgan fingerprint density at radius 1 is 1.31 bits per heavy atom. The van der Waals surface area contributed by atoms with Crippen molar-refractivity contribution in [2.75, 3.05) is 0 Å². The third-order valence-corrected chi connectivity index (χ3v) is 1.41. The summed E-state index contributed by atoms with van der Waals surface area (Å²) in [5, 5.41) is 16.2. The molecule has 0 heterocycles. The van der Waals surface area contributed by atoms with Gasteiger partial charge in [0.25, 0.3) is 0 Å². The molecular weight excluding hydrogens is 234 g/mol. The van der Waals surface area contributed by atoms with E-state index in [1.165, 1.54) is 6.92 Å². The van der Waals surface area contributed by atoms with Crippen molar-refractivity contribution in [1.82, 2.24) is 0 Å².